The minimum atomic E-state index is -0.390. The predicted molar refractivity (Wildman–Crippen MR) is 69.8 cm³/mol. The van der Waals surface area contributed by atoms with Gasteiger partial charge in [0.1, 0.15) is 5.82 Å². The lowest BCUT2D eigenvalue weighted by atomic mass is 10.1. The Morgan fingerprint density at radius 2 is 2.21 bits per heavy atom. The summed E-state index contributed by atoms with van der Waals surface area (Å²) < 4.78 is 1.90. The van der Waals surface area contributed by atoms with E-state index in [2.05, 4.69) is 17.0 Å². The van der Waals surface area contributed by atoms with Crippen molar-refractivity contribution in [3.05, 3.63) is 40.2 Å². The molecule has 0 spiro atoms. The molecule has 98 valence electrons. The summed E-state index contributed by atoms with van der Waals surface area (Å²) >= 11 is 0. The summed E-state index contributed by atoms with van der Waals surface area (Å²) in [5, 5.41) is 15.5. The van der Waals surface area contributed by atoms with E-state index in [1.807, 2.05) is 4.68 Å². The maximum absolute atomic E-state index is 11.0. The molecule has 0 saturated carbocycles. The minimum absolute atomic E-state index is 0.0538. The molecule has 19 heavy (non-hydrogen) atoms. The van der Waals surface area contributed by atoms with E-state index in [1.54, 1.807) is 18.2 Å². The zero-order valence-corrected chi connectivity index (χ0v) is 10.6. The fourth-order valence-corrected chi connectivity index (χ4v) is 2.49. The Morgan fingerprint density at radius 1 is 1.42 bits per heavy atom. The van der Waals surface area contributed by atoms with Crippen molar-refractivity contribution in [2.45, 2.75) is 32.2 Å². The van der Waals surface area contributed by atoms with Crippen LogP contribution in [0.2, 0.25) is 0 Å². The monoisotopic (exact) mass is 258 g/mol. The van der Waals surface area contributed by atoms with Crippen LogP contribution in [-0.2, 0) is 6.42 Å². The van der Waals surface area contributed by atoms with Crippen molar-refractivity contribution in [2.24, 2.45) is 0 Å². The molecule has 2 aromatic rings. The second-order valence-electron chi connectivity index (χ2n) is 4.81. The molecule has 0 aliphatic carbocycles. The molecule has 2 heterocycles. The van der Waals surface area contributed by atoms with E-state index in [9.17, 15) is 10.1 Å². The quantitative estimate of drug-likeness (QED) is 0.613. The van der Waals surface area contributed by atoms with Crippen molar-refractivity contribution in [1.82, 2.24) is 14.8 Å². The van der Waals surface area contributed by atoms with Crippen molar-refractivity contribution in [1.29, 1.82) is 0 Å². The van der Waals surface area contributed by atoms with Crippen LogP contribution < -0.4 is 0 Å². The molecule has 0 radical (unpaired) electrons. The third-order valence-electron chi connectivity index (χ3n) is 3.48. The van der Waals surface area contributed by atoms with Crippen molar-refractivity contribution in [2.75, 3.05) is 0 Å². The standard InChI is InChI=1S/C13H14N4O2/c1-9-5-4-8-12-14-13(15-16(9)12)10-6-2-3-7-11(10)17(18)19/h2-3,6-7,9H,4-5,8H2,1H3. The molecule has 3 rings (SSSR count). The highest BCUT2D eigenvalue weighted by Gasteiger charge is 2.23. The van der Waals surface area contributed by atoms with Crippen molar-refractivity contribution >= 4 is 5.69 Å². The third kappa shape index (κ3) is 1.99. The Balaban J connectivity index is 2.11. The minimum Gasteiger partial charge on any atom is -0.258 e. The van der Waals surface area contributed by atoms with E-state index in [-0.39, 0.29) is 5.69 Å². The van der Waals surface area contributed by atoms with Crippen LogP contribution in [0.1, 0.15) is 31.6 Å². The second kappa shape index (κ2) is 4.46. The number of hydrogen-bond donors (Lipinski definition) is 0. The van der Waals surface area contributed by atoms with Gasteiger partial charge < -0.3 is 0 Å². The summed E-state index contributed by atoms with van der Waals surface area (Å²) in [4.78, 5) is 15.1. The molecule has 1 atom stereocenters. The van der Waals surface area contributed by atoms with E-state index >= 15 is 0 Å². The molecule has 0 bridgehead atoms. The third-order valence-corrected chi connectivity index (χ3v) is 3.48. The van der Waals surface area contributed by atoms with Gasteiger partial charge in [-0.2, -0.15) is 5.10 Å². The highest BCUT2D eigenvalue weighted by Crippen LogP contribution is 2.30. The Hall–Kier alpha value is -2.24. The number of fused-ring (bicyclic) bond motifs is 1. The Bertz CT molecular complexity index is 635. The lowest BCUT2D eigenvalue weighted by molar-refractivity contribution is -0.384. The molecular weight excluding hydrogens is 244 g/mol. The van der Waals surface area contributed by atoms with Crippen LogP contribution in [-0.4, -0.2) is 19.7 Å². The first kappa shape index (κ1) is 11.8. The van der Waals surface area contributed by atoms with Crippen molar-refractivity contribution in [3.63, 3.8) is 0 Å². The van der Waals surface area contributed by atoms with Gasteiger partial charge in [0.15, 0.2) is 5.82 Å². The Labute approximate surface area is 110 Å². The highest BCUT2D eigenvalue weighted by molar-refractivity contribution is 5.67. The molecule has 1 aromatic heterocycles. The van der Waals surface area contributed by atoms with E-state index in [0.29, 0.717) is 17.4 Å². The first-order valence-corrected chi connectivity index (χ1v) is 6.36. The van der Waals surface area contributed by atoms with Crippen LogP contribution >= 0.6 is 0 Å². The van der Waals surface area contributed by atoms with Gasteiger partial charge in [-0.3, -0.25) is 10.1 Å². The molecular formula is C13H14N4O2. The van der Waals surface area contributed by atoms with Crippen molar-refractivity contribution in [3.8, 4) is 11.4 Å². The van der Waals surface area contributed by atoms with Gasteiger partial charge >= 0.3 is 0 Å². The number of aromatic nitrogens is 3. The first-order valence-electron chi connectivity index (χ1n) is 6.36. The maximum Gasteiger partial charge on any atom is 0.280 e. The van der Waals surface area contributed by atoms with Gasteiger partial charge in [0, 0.05) is 12.5 Å². The number of nitro benzene ring substituents is 1. The number of aryl methyl sites for hydroxylation is 1. The van der Waals surface area contributed by atoms with Gasteiger partial charge in [-0.1, -0.05) is 12.1 Å². The van der Waals surface area contributed by atoms with Crippen molar-refractivity contribution < 1.29 is 4.92 Å². The van der Waals surface area contributed by atoms with Gasteiger partial charge in [-0.15, -0.1) is 0 Å². The zero-order valence-electron chi connectivity index (χ0n) is 10.6. The first-order chi connectivity index (χ1) is 9.16. The van der Waals surface area contributed by atoms with Gasteiger partial charge in [-0.05, 0) is 25.8 Å². The molecule has 1 aromatic carbocycles. The van der Waals surface area contributed by atoms with Gasteiger partial charge in [-0.25, -0.2) is 9.67 Å². The Kier molecular flexibility index (Phi) is 2.77. The van der Waals surface area contributed by atoms with Crippen LogP contribution in [0.3, 0.4) is 0 Å². The summed E-state index contributed by atoms with van der Waals surface area (Å²) in [5.74, 6) is 1.38. The molecule has 6 nitrogen and oxygen atoms in total. The number of nitro groups is 1. The molecule has 6 heteroatoms. The number of hydrogen-bond acceptors (Lipinski definition) is 4. The van der Waals surface area contributed by atoms with Gasteiger partial charge in [0.05, 0.1) is 16.5 Å². The van der Waals surface area contributed by atoms with Crippen LogP contribution in [0.4, 0.5) is 5.69 Å². The van der Waals surface area contributed by atoms with Gasteiger partial charge in [0.2, 0.25) is 0 Å². The SMILES string of the molecule is CC1CCCc2nc(-c3ccccc3[N+](=O)[O-])nn21. The summed E-state index contributed by atoms with van der Waals surface area (Å²) in [6.07, 6.45) is 3.06. The van der Waals surface area contributed by atoms with Crippen LogP contribution in [0.5, 0.6) is 0 Å². The summed E-state index contributed by atoms with van der Waals surface area (Å²) in [6.45, 7) is 2.10. The predicted octanol–water partition coefficient (Wildman–Crippen LogP) is 2.75. The fourth-order valence-electron chi connectivity index (χ4n) is 2.49. The van der Waals surface area contributed by atoms with Crippen LogP contribution in [0, 0.1) is 10.1 Å². The lowest BCUT2D eigenvalue weighted by Crippen LogP contribution is -2.16. The Morgan fingerprint density at radius 3 is 2.95 bits per heavy atom. The molecule has 0 N–H and O–H groups in total. The number of nitrogens with zero attached hydrogens (tertiary/aromatic N) is 4. The van der Waals surface area contributed by atoms with E-state index in [1.165, 1.54) is 6.07 Å². The smallest absolute Gasteiger partial charge is 0.258 e. The molecule has 1 aliphatic rings. The second-order valence-corrected chi connectivity index (χ2v) is 4.81. The molecule has 1 unspecified atom stereocenters. The van der Waals surface area contributed by atoms with E-state index in [0.717, 1.165) is 25.1 Å². The highest BCUT2D eigenvalue weighted by atomic mass is 16.6. The summed E-state index contributed by atoms with van der Waals surface area (Å²) in [5.41, 5.74) is 0.541. The molecule has 1 aliphatic heterocycles. The van der Waals surface area contributed by atoms with Crippen LogP contribution in [0.25, 0.3) is 11.4 Å². The summed E-state index contributed by atoms with van der Waals surface area (Å²) in [7, 11) is 0. The molecule has 0 amide bonds. The number of para-hydroxylation sites is 1. The lowest BCUT2D eigenvalue weighted by Gasteiger charge is -2.18. The van der Waals surface area contributed by atoms with Gasteiger partial charge in [0.25, 0.3) is 5.69 Å². The topological polar surface area (TPSA) is 73.8 Å². The average Bonchev–Trinajstić information content (AvgIpc) is 2.84. The zero-order chi connectivity index (χ0) is 13.4. The number of benzene rings is 1. The van der Waals surface area contributed by atoms with Crippen LogP contribution in [0.15, 0.2) is 24.3 Å². The normalized spacial score (nSPS) is 18.1. The maximum atomic E-state index is 11.0. The average molecular weight is 258 g/mol. The number of rotatable bonds is 2. The largest absolute Gasteiger partial charge is 0.280 e. The summed E-state index contributed by atoms with van der Waals surface area (Å²) in [6, 6.07) is 6.92. The van der Waals surface area contributed by atoms with E-state index in [4.69, 9.17) is 0 Å². The fraction of sp³-hybridized carbons (Fsp3) is 0.385. The van der Waals surface area contributed by atoms with E-state index < -0.39 is 4.92 Å². The molecule has 0 saturated heterocycles. The molecule has 0 fully saturated rings.